The Morgan fingerprint density at radius 1 is 1.30 bits per heavy atom. The number of benzene rings is 2. The molecule has 0 unspecified atom stereocenters. The van der Waals surface area contributed by atoms with Crippen LogP contribution in [0.25, 0.3) is 0 Å². The Bertz CT molecular complexity index is 717. The van der Waals surface area contributed by atoms with Crippen molar-refractivity contribution in [2.24, 2.45) is 0 Å². The maximum atomic E-state index is 12.5. The minimum atomic E-state index is 0.00660. The molecular formula is C18H20BrN3O. The Balaban J connectivity index is 1.72. The number of hydrogen-bond acceptors (Lipinski definition) is 3. The minimum absolute atomic E-state index is 0.00660. The second kappa shape index (κ2) is 7.15. The van der Waals surface area contributed by atoms with E-state index in [9.17, 15) is 4.79 Å². The summed E-state index contributed by atoms with van der Waals surface area (Å²) in [5, 5.41) is 6.41. The fourth-order valence-electron chi connectivity index (χ4n) is 2.82. The highest BCUT2D eigenvalue weighted by molar-refractivity contribution is 9.10. The lowest BCUT2D eigenvalue weighted by Crippen LogP contribution is -2.36. The highest BCUT2D eigenvalue weighted by atomic mass is 79.9. The summed E-state index contributed by atoms with van der Waals surface area (Å²) in [7, 11) is 0. The molecule has 0 saturated heterocycles. The zero-order chi connectivity index (χ0) is 16.2. The first kappa shape index (κ1) is 16.0. The summed E-state index contributed by atoms with van der Waals surface area (Å²) >= 11 is 3.44. The van der Waals surface area contributed by atoms with E-state index in [1.807, 2.05) is 37.3 Å². The molecule has 120 valence electrons. The number of amides is 1. The summed E-state index contributed by atoms with van der Waals surface area (Å²) in [4.78, 5) is 14.6. The molecule has 4 nitrogen and oxygen atoms in total. The van der Waals surface area contributed by atoms with Gasteiger partial charge in [-0.05, 0) is 42.3 Å². The van der Waals surface area contributed by atoms with Crippen molar-refractivity contribution in [3.8, 4) is 0 Å². The van der Waals surface area contributed by atoms with Crippen molar-refractivity contribution in [1.29, 1.82) is 0 Å². The number of carbonyl (C=O) groups is 1. The van der Waals surface area contributed by atoms with Crippen molar-refractivity contribution in [2.75, 3.05) is 29.9 Å². The van der Waals surface area contributed by atoms with Gasteiger partial charge in [-0.25, -0.2) is 0 Å². The minimum Gasteiger partial charge on any atom is -0.361 e. The summed E-state index contributed by atoms with van der Waals surface area (Å²) < 4.78 is 1.01. The summed E-state index contributed by atoms with van der Waals surface area (Å²) in [6.45, 7) is 4.89. The molecule has 2 aromatic rings. The van der Waals surface area contributed by atoms with Crippen LogP contribution in [0.5, 0.6) is 0 Å². The average Bonchev–Trinajstić information content (AvgIpc) is 2.73. The average molecular weight is 374 g/mol. The topological polar surface area (TPSA) is 44.4 Å². The number of nitrogens with zero attached hydrogens (tertiary/aromatic N) is 1. The Kier molecular flexibility index (Phi) is 4.98. The fourth-order valence-corrected chi connectivity index (χ4v) is 3.30. The van der Waals surface area contributed by atoms with Gasteiger partial charge in [0.15, 0.2) is 0 Å². The predicted octanol–water partition coefficient (Wildman–Crippen LogP) is 3.31. The lowest BCUT2D eigenvalue weighted by Gasteiger charge is -2.24. The molecule has 1 aliphatic heterocycles. The van der Waals surface area contributed by atoms with E-state index in [2.05, 4.69) is 43.6 Å². The van der Waals surface area contributed by atoms with Gasteiger partial charge in [0.05, 0.1) is 6.54 Å². The molecule has 1 aliphatic rings. The van der Waals surface area contributed by atoms with Gasteiger partial charge in [0.1, 0.15) is 0 Å². The van der Waals surface area contributed by atoms with Gasteiger partial charge in [-0.2, -0.15) is 0 Å². The van der Waals surface area contributed by atoms with Crippen LogP contribution >= 0.6 is 15.9 Å². The van der Waals surface area contributed by atoms with E-state index >= 15 is 0 Å². The molecule has 0 fully saturated rings. The van der Waals surface area contributed by atoms with Gasteiger partial charge >= 0.3 is 0 Å². The Hall–Kier alpha value is -1.85. The van der Waals surface area contributed by atoms with Crippen LogP contribution in [-0.2, 0) is 11.3 Å². The Morgan fingerprint density at radius 3 is 2.96 bits per heavy atom. The SMILES string of the molecule is Cc1cc(Br)ccc1NC(=O)CN1CCNCc2ccccc21. The van der Waals surface area contributed by atoms with Gasteiger partial charge in [0.25, 0.3) is 0 Å². The second-order valence-corrected chi connectivity index (χ2v) is 6.65. The molecule has 0 saturated carbocycles. The van der Waals surface area contributed by atoms with Gasteiger partial charge in [-0.1, -0.05) is 34.1 Å². The molecule has 2 N–H and O–H groups in total. The smallest absolute Gasteiger partial charge is 0.243 e. The number of rotatable bonds is 3. The molecule has 0 bridgehead atoms. The molecule has 0 spiro atoms. The maximum Gasteiger partial charge on any atom is 0.243 e. The van der Waals surface area contributed by atoms with Gasteiger partial charge in [0, 0.05) is 35.5 Å². The van der Waals surface area contributed by atoms with E-state index in [4.69, 9.17) is 0 Å². The summed E-state index contributed by atoms with van der Waals surface area (Å²) in [6.07, 6.45) is 0. The number of carbonyl (C=O) groups excluding carboxylic acids is 1. The van der Waals surface area contributed by atoms with Gasteiger partial charge in [-0.15, -0.1) is 0 Å². The summed E-state index contributed by atoms with van der Waals surface area (Å²) in [5.41, 5.74) is 4.28. The largest absolute Gasteiger partial charge is 0.361 e. The zero-order valence-electron chi connectivity index (χ0n) is 13.1. The fraction of sp³-hybridized carbons (Fsp3) is 0.278. The van der Waals surface area contributed by atoms with Crippen LogP contribution in [0.15, 0.2) is 46.9 Å². The lowest BCUT2D eigenvalue weighted by atomic mass is 10.1. The van der Waals surface area contributed by atoms with Crippen LogP contribution in [0.1, 0.15) is 11.1 Å². The molecule has 3 rings (SSSR count). The predicted molar refractivity (Wildman–Crippen MR) is 97.9 cm³/mol. The molecule has 1 heterocycles. The van der Waals surface area contributed by atoms with Crippen molar-refractivity contribution < 1.29 is 4.79 Å². The first-order valence-electron chi connectivity index (χ1n) is 7.73. The van der Waals surface area contributed by atoms with Crippen LogP contribution in [-0.4, -0.2) is 25.5 Å². The van der Waals surface area contributed by atoms with Crippen molar-refractivity contribution >= 4 is 33.2 Å². The number of aryl methyl sites for hydroxylation is 1. The zero-order valence-corrected chi connectivity index (χ0v) is 14.7. The second-order valence-electron chi connectivity index (χ2n) is 5.73. The molecule has 23 heavy (non-hydrogen) atoms. The maximum absolute atomic E-state index is 12.5. The summed E-state index contributed by atoms with van der Waals surface area (Å²) in [6, 6.07) is 14.1. The lowest BCUT2D eigenvalue weighted by molar-refractivity contribution is -0.115. The monoisotopic (exact) mass is 373 g/mol. The number of halogens is 1. The number of anilines is 2. The van der Waals surface area contributed by atoms with Crippen LogP contribution < -0.4 is 15.5 Å². The third-order valence-corrected chi connectivity index (χ3v) is 4.50. The van der Waals surface area contributed by atoms with Gasteiger partial charge < -0.3 is 15.5 Å². The van der Waals surface area contributed by atoms with Crippen molar-refractivity contribution in [1.82, 2.24) is 5.32 Å². The first-order chi connectivity index (χ1) is 11.1. The van der Waals surface area contributed by atoms with Crippen LogP contribution in [0, 0.1) is 6.92 Å². The quantitative estimate of drug-likeness (QED) is 0.867. The number of para-hydroxylation sites is 1. The van der Waals surface area contributed by atoms with Gasteiger partial charge in [0.2, 0.25) is 5.91 Å². The first-order valence-corrected chi connectivity index (χ1v) is 8.52. The number of fused-ring (bicyclic) bond motifs is 1. The molecule has 2 aromatic carbocycles. The number of hydrogen-bond donors (Lipinski definition) is 2. The van der Waals surface area contributed by atoms with E-state index < -0.39 is 0 Å². The highest BCUT2D eigenvalue weighted by Gasteiger charge is 2.17. The van der Waals surface area contributed by atoms with Crippen molar-refractivity contribution in [3.63, 3.8) is 0 Å². The molecule has 0 atom stereocenters. The van der Waals surface area contributed by atoms with E-state index in [0.29, 0.717) is 6.54 Å². The molecule has 1 amide bonds. The van der Waals surface area contributed by atoms with E-state index in [0.717, 1.165) is 41.0 Å². The van der Waals surface area contributed by atoms with Crippen LogP contribution in [0.4, 0.5) is 11.4 Å². The molecular weight excluding hydrogens is 354 g/mol. The molecule has 0 radical (unpaired) electrons. The molecule has 0 aromatic heterocycles. The molecule has 5 heteroatoms. The number of nitrogens with one attached hydrogen (secondary N) is 2. The van der Waals surface area contributed by atoms with Crippen LogP contribution in [0.3, 0.4) is 0 Å². The van der Waals surface area contributed by atoms with E-state index in [1.54, 1.807) is 0 Å². The van der Waals surface area contributed by atoms with E-state index in [1.165, 1.54) is 5.56 Å². The summed E-state index contributed by atoms with van der Waals surface area (Å²) in [5.74, 6) is 0.00660. The normalized spacial score (nSPS) is 14.1. The van der Waals surface area contributed by atoms with Gasteiger partial charge in [-0.3, -0.25) is 4.79 Å². The Labute approximate surface area is 145 Å². The van der Waals surface area contributed by atoms with Crippen LogP contribution in [0.2, 0.25) is 0 Å². The molecule has 0 aliphatic carbocycles. The third-order valence-electron chi connectivity index (χ3n) is 4.00. The van der Waals surface area contributed by atoms with E-state index in [-0.39, 0.29) is 5.91 Å². The highest BCUT2D eigenvalue weighted by Crippen LogP contribution is 2.23. The standard InChI is InChI=1S/C18H20BrN3O/c1-13-10-15(19)6-7-16(13)21-18(23)12-22-9-8-20-11-14-4-2-3-5-17(14)22/h2-7,10,20H,8-9,11-12H2,1H3,(H,21,23). The third kappa shape index (κ3) is 3.92. The van der Waals surface area contributed by atoms with Crippen molar-refractivity contribution in [2.45, 2.75) is 13.5 Å². The Morgan fingerprint density at radius 2 is 2.13 bits per heavy atom. The van der Waals surface area contributed by atoms with Crippen molar-refractivity contribution in [3.05, 3.63) is 58.1 Å².